The molecule has 1 heterocycles. The van der Waals surface area contributed by atoms with Crippen molar-refractivity contribution in [2.45, 2.75) is 0 Å². The lowest BCUT2D eigenvalue weighted by Gasteiger charge is -2.34. The molecule has 1 aliphatic rings. The van der Waals surface area contributed by atoms with Gasteiger partial charge in [-0.3, -0.25) is 9.69 Å². The highest BCUT2D eigenvalue weighted by molar-refractivity contribution is 6.01. The van der Waals surface area contributed by atoms with Gasteiger partial charge in [-0.1, -0.05) is 12.1 Å². The number of benzene rings is 1. The van der Waals surface area contributed by atoms with Crippen LogP contribution in [-0.2, 0) is 4.79 Å². The molecule has 0 atom stereocenters. The van der Waals surface area contributed by atoms with E-state index in [9.17, 15) is 15.2 Å². The van der Waals surface area contributed by atoms with Crippen LogP contribution in [-0.4, -0.2) is 65.3 Å². The molecule has 22 heavy (non-hydrogen) atoms. The molecule has 2 N–H and O–H groups in total. The average Bonchev–Trinajstić information content (AvgIpc) is 2.55. The lowest BCUT2D eigenvalue weighted by atomic mass is 10.1. The Morgan fingerprint density at radius 2 is 1.86 bits per heavy atom. The summed E-state index contributed by atoms with van der Waals surface area (Å²) in [4.78, 5) is 16.1. The third kappa shape index (κ3) is 4.07. The number of amides is 1. The maximum absolute atomic E-state index is 12.4. The summed E-state index contributed by atoms with van der Waals surface area (Å²) in [7, 11) is 0. The molecule has 116 valence electrons. The monoisotopic (exact) mass is 301 g/mol. The Morgan fingerprint density at radius 1 is 1.23 bits per heavy atom. The molecular weight excluding hydrogens is 282 g/mol. The molecule has 1 fully saturated rings. The van der Waals surface area contributed by atoms with Crippen molar-refractivity contribution >= 4 is 12.0 Å². The van der Waals surface area contributed by atoms with Crippen LogP contribution in [0, 0.1) is 11.3 Å². The van der Waals surface area contributed by atoms with Crippen LogP contribution in [0.5, 0.6) is 5.75 Å². The Kier molecular flexibility index (Phi) is 5.53. The summed E-state index contributed by atoms with van der Waals surface area (Å²) in [5.41, 5.74) is 0.780. The maximum Gasteiger partial charge on any atom is 0.264 e. The maximum atomic E-state index is 12.4. The van der Waals surface area contributed by atoms with Crippen molar-refractivity contribution in [2.24, 2.45) is 0 Å². The first-order valence-corrected chi connectivity index (χ1v) is 7.17. The zero-order chi connectivity index (χ0) is 15.9. The number of piperazine rings is 1. The number of phenols is 1. The fourth-order valence-corrected chi connectivity index (χ4v) is 2.37. The zero-order valence-corrected chi connectivity index (χ0v) is 12.3. The summed E-state index contributed by atoms with van der Waals surface area (Å²) in [6.07, 6.45) is 1.53. The van der Waals surface area contributed by atoms with Crippen molar-refractivity contribution < 1.29 is 15.0 Å². The molecule has 0 saturated carbocycles. The largest absolute Gasteiger partial charge is 0.508 e. The topological polar surface area (TPSA) is 87.8 Å². The number of aromatic hydroxyl groups is 1. The number of hydrogen-bond acceptors (Lipinski definition) is 5. The second kappa shape index (κ2) is 7.59. The zero-order valence-electron chi connectivity index (χ0n) is 12.3. The summed E-state index contributed by atoms with van der Waals surface area (Å²) in [5.74, 6) is -0.138. The van der Waals surface area contributed by atoms with Crippen LogP contribution in [0.2, 0.25) is 0 Å². The molecule has 0 radical (unpaired) electrons. The van der Waals surface area contributed by atoms with E-state index in [0.29, 0.717) is 38.3 Å². The van der Waals surface area contributed by atoms with Crippen LogP contribution in [0.1, 0.15) is 5.56 Å². The number of rotatable bonds is 4. The molecule has 2 rings (SSSR count). The first kappa shape index (κ1) is 16.0. The quantitative estimate of drug-likeness (QED) is 0.622. The molecule has 6 nitrogen and oxygen atoms in total. The van der Waals surface area contributed by atoms with Gasteiger partial charge < -0.3 is 15.1 Å². The van der Waals surface area contributed by atoms with Crippen molar-refractivity contribution in [3.8, 4) is 11.8 Å². The summed E-state index contributed by atoms with van der Waals surface area (Å²) in [6.45, 7) is 3.21. The van der Waals surface area contributed by atoms with Crippen LogP contribution < -0.4 is 0 Å². The molecule has 0 unspecified atom stereocenters. The van der Waals surface area contributed by atoms with Gasteiger partial charge in [0.05, 0.1) is 6.61 Å². The van der Waals surface area contributed by atoms with Gasteiger partial charge in [-0.25, -0.2) is 0 Å². The summed E-state index contributed by atoms with van der Waals surface area (Å²) in [5, 5.41) is 27.4. The van der Waals surface area contributed by atoms with Gasteiger partial charge in [0, 0.05) is 32.7 Å². The number of nitrogens with zero attached hydrogens (tertiary/aromatic N) is 3. The molecule has 0 aliphatic carbocycles. The van der Waals surface area contributed by atoms with Crippen LogP contribution >= 0.6 is 0 Å². The van der Waals surface area contributed by atoms with Gasteiger partial charge in [0.15, 0.2) is 0 Å². The number of carbonyl (C=O) groups is 1. The Bertz CT molecular complexity index is 582. The van der Waals surface area contributed by atoms with E-state index in [0.717, 1.165) is 0 Å². The summed E-state index contributed by atoms with van der Waals surface area (Å²) < 4.78 is 0. The number of aliphatic hydroxyl groups excluding tert-OH is 1. The minimum absolute atomic E-state index is 0.0845. The van der Waals surface area contributed by atoms with Crippen molar-refractivity contribution in [1.82, 2.24) is 9.80 Å². The number of β-amino-alcohol motifs (C(OH)–C–C–N with tert-alkyl or cyclic N) is 1. The van der Waals surface area contributed by atoms with Gasteiger partial charge in [-0.15, -0.1) is 0 Å². The molecule has 0 bridgehead atoms. The Morgan fingerprint density at radius 3 is 2.41 bits per heavy atom. The summed E-state index contributed by atoms with van der Waals surface area (Å²) in [6, 6.07) is 8.28. The second-order valence-electron chi connectivity index (χ2n) is 5.12. The molecule has 1 saturated heterocycles. The molecule has 1 aliphatic heterocycles. The van der Waals surface area contributed by atoms with Gasteiger partial charge in [0.25, 0.3) is 5.91 Å². The molecule has 0 aromatic heterocycles. The number of phenolic OH excluding ortho intramolecular Hbond substituents is 1. The minimum atomic E-state index is -0.278. The molecule has 1 amide bonds. The van der Waals surface area contributed by atoms with Crippen molar-refractivity contribution in [3.05, 3.63) is 35.4 Å². The lowest BCUT2D eigenvalue weighted by molar-refractivity contribution is -0.128. The predicted octanol–water partition coefficient (Wildman–Crippen LogP) is 0.436. The van der Waals surface area contributed by atoms with E-state index >= 15 is 0 Å². The van der Waals surface area contributed by atoms with Crippen LogP contribution in [0.4, 0.5) is 0 Å². The molecule has 1 aromatic carbocycles. The molecule has 6 heteroatoms. The molecule has 0 spiro atoms. The highest BCUT2D eigenvalue weighted by Gasteiger charge is 2.23. The fourth-order valence-electron chi connectivity index (χ4n) is 2.37. The number of aliphatic hydroxyl groups is 1. The Labute approximate surface area is 129 Å². The van der Waals surface area contributed by atoms with Crippen LogP contribution in [0.3, 0.4) is 0 Å². The highest BCUT2D eigenvalue weighted by atomic mass is 16.3. The van der Waals surface area contributed by atoms with Crippen molar-refractivity contribution in [2.75, 3.05) is 39.3 Å². The van der Waals surface area contributed by atoms with E-state index in [-0.39, 0.29) is 23.8 Å². The van der Waals surface area contributed by atoms with E-state index in [1.165, 1.54) is 18.2 Å². The summed E-state index contributed by atoms with van der Waals surface area (Å²) >= 11 is 0. The van der Waals surface area contributed by atoms with E-state index in [4.69, 9.17) is 5.11 Å². The normalized spacial score (nSPS) is 16.4. The molecular formula is C16H19N3O3. The third-order valence-corrected chi connectivity index (χ3v) is 3.63. The molecule has 1 aromatic rings. The van der Waals surface area contributed by atoms with Crippen LogP contribution in [0.25, 0.3) is 6.08 Å². The average molecular weight is 301 g/mol. The predicted molar refractivity (Wildman–Crippen MR) is 81.8 cm³/mol. The van der Waals surface area contributed by atoms with Crippen molar-refractivity contribution in [1.29, 1.82) is 5.26 Å². The van der Waals surface area contributed by atoms with Gasteiger partial charge >= 0.3 is 0 Å². The van der Waals surface area contributed by atoms with Gasteiger partial charge in [-0.05, 0) is 23.8 Å². The third-order valence-electron chi connectivity index (χ3n) is 3.63. The fraction of sp³-hybridized carbons (Fsp3) is 0.375. The number of hydrogen-bond donors (Lipinski definition) is 2. The second-order valence-corrected chi connectivity index (χ2v) is 5.12. The highest BCUT2D eigenvalue weighted by Crippen LogP contribution is 2.14. The standard InChI is InChI=1S/C16H19N3O3/c17-12-14(11-13-1-3-15(21)4-2-13)16(22)19-7-5-18(6-8-19)9-10-20/h1-4,11,20-21H,5-10H2/b14-11+. The number of nitriles is 1. The SMILES string of the molecule is N#C/C(=C\c1ccc(O)cc1)C(=O)N1CCN(CCO)CC1. The first-order chi connectivity index (χ1) is 10.6. The van der Waals surface area contributed by atoms with Crippen LogP contribution in [0.15, 0.2) is 29.8 Å². The van der Waals surface area contributed by atoms with E-state index in [1.54, 1.807) is 17.0 Å². The number of carbonyl (C=O) groups excluding carboxylic acids is 1. The Balaban J connectivity index is 2.04. The van der Waals surface area contributed by atoms with Gasteiger partial charge in [-0.2, -0.15) is 5.26 Å². The van der Waals surface area contributed by atoms with Gasteiger partial charge in [0.1, 0.15) is 17.4 Å². The van der Waals surface area contributed by atoms with Gasteiger partial charge in [0.2, 0.25) is 0 Å². The van der Waals surface area contributed by atoms with E-state index in [1.807, 2.05) is 6.07 Å². The van der Waals surface area contributed by atoms with E-state index in [2.05, 4.69) is 4.90 Å². The lowest BCUT2D eigenvalue weighted by Crippen LogP contribution is -2.49. The van der Waals surface area contributed by atoms with E-state index < -0.39 is 0 Å². The smallest absolute Gasteiger partial charge is 0.264 e. The Hall–Kier alpha value is -2.36. The van der Waals surface area contributed by atoms with Crippen molar-refractivity contribution in [3.63, 3.8) is 0 Å². The minimum Gasteiger partial charge on any atom is -0.508 e. The first-order valence-electron chi connectivity index (χ1n) is 7.17.